The fourth-order valence-corrected chi connectivity index (χ4v) is 1.81. The van der Waals surface area contributed by atoms with E-state index < -0.39 is 0 Å². The largest absolute Gasteiger partial charge is 0.297 e. The summed E-state index contributed by atoms with van der Waals surface area (Å²) in [6, 6.07) is 0.594. The Labute approximate surface area is 83.8 Å². The second-order valence-corrected chi connectivity index (χ2v) is 3.75. The fraction of sp³-hybridized carbons (Fsp3) is 0.833. The van der Waals surface area contributed by atoms with Gasteiger partial charge in [0.15, 0.2) is 0 Å². The Morgan fingerprint density at radius 2 is 1.92 bits per heavy atom. The van der Waals surface area contributed by atoms with Crippen LogP contribution in [0.4, 0.5) is 0 Å². The molecule has 1 unspecified atom stereocenters. The summed E-state index contributed by atoms with van der Waals surface area (Å²) in [4.78, 5) is 2.53. The molecule has 78 valence electrons. The van der Waals surface area contributed by atoms with Crippen LogP contribution in [-0.2, 0) is 0 Å². The molecule has 1 heteroatoms. The summed E-state index contributed by atoms with van der Waals surface area (Å²) in [5, 5.41) is 0. The third-order valence-corrected chi connectivity index (χ3v) is 2.60. The predicted octanol–water partition coefficient (Wildman–Crippen LogP) is 3.46. The first-order valence-electron chi connectivity index (χ1n) is 5.56. The van der Waals surface area contributed by atoms with Crippen molar-refractivity contribution in [1.82, 2.24) is 4.90 Å². The SMILES string of the molecule is C=C(C)C(CC)N(CC)CCCC. The zero-order valence-electron chi connectivity index (χ0n) is 9.77. The lowest BCUT2D eigenvalue weighted by Gasteiger charge is -2.30. The van der Waals surface area contributed by atoms with Crippen LogP contribution in [0.2, 0.25) is 0 Å². The van der Waals surface area contributed by atoms with E-state index in [9.17, 15) is 0 Å². The minimum Gasteiger partial charge on any atom is -0.297 e. The molecule has 0 amide bonds. The lowest BCUT2D eigenvalue weighted by Crippen LogP contribution is -2.36. The maximum absolute atomic E-state index is 4.06. The van der Waals surface area contributed by atoms with Gasteiger partial charge in [0.1, 0.15) is 0 Å². The van der Waals surface area contributed by atoms with Gasteiger partial charge < -0.3 is 0 Å². The highest BCUT2D eigenvalue weighted by Crippen LogP contribution is 2.12. The van der Waals surface area contributed by atoms with E-state index in [1.54, 1.807) is 0 Å². The summed E-state index contributed by atoms with van der Waals surface area (Å²) in [6.45, 7) is 15.3. The molecule has 0 spiro atoms. The van der Waals surface area contributed by atoms with Crippen LogP contribution in [0.3, 0.4) is 0 Å². The summed E-state index contributed by atoms with van der Waals surface area (Å²) in [7, 11) is 0. The van der Waals surface area contributed by atoms with E-state index in [0.717, 1.165) is 6.54 Å². The van der Waals surface area contributed by atoms with E-state index >= 15 is 0 Å². The van der Waals surface area contributed by atoms with Gasteiger partial charge in [0.25, 0.3) is 0 Å². The Kier molecular flexibility index (Phi) is 6.97. The molecule has 0 bridgehead atoms. The van der Waals surface area contributed by atoms with Crippen molar-refractivity contribution in [2.45, 2.75) is 53.0 Å². The van der Waals surface area contributed by atoms with Crippen molar-refractivity contribution in [3.8, 4) is 0 Å². The first-order chi connectivity index (χ1) is 6.17. The summed E-state index contributed by atoms with van der Waals surface area (Å²) >= 11 is 0. The lowest BCUT2D eigenvalue weighted by atomic mass is 10.1. The molecule has 0 saturated heterocycles. The number of hydrogen-bond acceptors (Lipinski definition) is 1. The highest BCUT2D eigenvalue weighted by atomic mass is 15.1. The predicted molar refractivity (Wildman–Crippen MR) is 61.0 cm³/mol. The molecule has 13 heavy (non-hydrogen) atoms. The van der Waals surface area contributed by atoms with Gasteiger partial charge in [-0.25, -0.2) is 0 Å². The Balaban J connectivity index is 4.08. The first kappa shape index (κ1) is 12.7. The Bertz CT molecular complexity index is 140. The molecular formula is C12H25N. The third kappa shape index (κ3) is 4.47. The van der Waals surface area contributed by atoms with Gasteiger partial charge in [-0.1, -0.05) is 39.3 Å². The Morgan fingerprint density at radius 1 is 1.31 bits per heavy atom. The van der Waals surface area contributed by atoms with Gasteiger partial charge in [-0.2, -0.15) is 0 Å². The molecule has 0 fully saturated rings. The molecule has 0 aromatic carbocycles. The summed E-state index contributed by atoms with van der Waals surface area (Å²) in [5.74, 6) is 0. The van der Waals surface area contributed by atoms with Crippen LogP contribution < -0.4 is 0 Å². The van der Waals surface area contributed by atoms with Crippen LogP contribution in [0.5, 0.6) is 0 Å². The minimum absolute atomic E-state index is 0.594. The molecule has 0 aliphatic rings. The molecule has 0 aliphatic heterocycles. The summed E-state index contributed by atoms with van der Waals surface area (Å²) in [6.07, 6.45) is 3.77. The molecule has 0 N–H and O–H groups in total. The monoisotopic (exact) mass is 183 g/mol. The van der Waals surface area contributed by atoms with Crippen LogP contribution >= 0.6 is 0 Å². The Morgan fingerprint density at radius 3 is 2.23 bits per heavy atom. The van der Waals surface area contributed by atoms with Gasteiger partial charge in [-0.3, -0.25) is 4.90 Å². The van der Waals surface area contributed by atoms with Crippen molar-refractivity contribution >= 4 is 0 Å². The molecular weight excluding hydrogens is 158 g/mol. The number of hydrogen-bond donors (Lipinski definition) is 0. The quantitative estimate of drug-likeness (QED) is 0.546. The van der Waals surface area contributed by atoms with Crippen molar-refractivity contribution in [1.29, 1.82) is 0 Å². The third-order valence-electron chi connectivity index (χ3n) is 2.60. The van der Waals surface area contributed by atoms with E-state index in [1.807, 2.05) is 0 Å². The number of nitrogens with zero attached hydrogens (tertiary/aromatic N) is 1. The van der Waals surface area contributed by atoms with Gasteiger partial charge in [0.2, 0.25) is 0 Å². The summed E-state index contributed by atoms with van der Waals surface area (Å²) in [5.41, 5.74) is 1.31. The van der Waals surface area contributed by atoms with Crippen LogP contribution in [0.1, 0.15) is 47.0 Å². The molecule has 0 heterocycles. The maximum Gasteiger partial charge on any atom is 0.0299 e. The van der Waals surface area contributed by atoms with E-state index in [1.165, 1.54) is 31.4 Å². The van der Waals surface area contributed by atoms with Crippen molar-refractivity contribution in [3.63, 3.8) is 0 Å². The van der Waals surface area contributed by atoms with Crippen molar-refractivity contribution in [2.75, 3.05) is 13.1 Å². The van der Waals surface area contributed by atoms with Gasteiger partial charge >= 0.3 is 0 Å². The van der Waals surface area contributed by atoms with Gasteiger partial charge in [0, 0.05) is 6.04 Å². The zero-order chi connectivity index (χ0) is 10.3. The second-order valence-electron chi connectivity index (χ2n) is 3.75. The molecule has 0 radical (unpaired) electrons. The van der Waals surface area contributed by atoms with Crippen LogP contribution in [-0.4, -0.2) is 24.0 Å². The number of likely N-dealkylation sites (N-methyl/N-ethyl adjacent to an activating group) is 1. The Hall–Kier alpha value is -0.300. The fourth-order valence-electron chi connectivity index (χ4n) is 1.81. The van der Waals surface area contributed by atoms with Gasteiger partial charge in [0.05, 0.1) is 0 Å². The van der Waals surface area contributed by atoms with Crippen molar-refractivity contribution < 1.29 is 0 Å². The molecule has 1 atom stereocenters. The zero-order valence-corrected chi connectivity index (χ0v) is 9.77. The van der Waals surface area contributed by atoms with Crippen LogP contribution in [0.25, 0.3) is 0 Å². The molecule has 0 aliphatic carbocycles. The van der Waals surface area contributed by atoms with Crippen LogP contribution in [0, 0.1) is 0 Å². The minimum atomic E-state index is 0.594. The number of unbranched alkanes of at least 4 members (excludes halogenated alkanes) is 1. The average Bonchev–Trinajstić information content (AvgIpc) is 2.11. The number of rotatable bonds is 7. The summed E-state index contributed by atoms with van der Waals surface area (Å²) < 4.78 is 0. The maximum atomic E-state index is 4.06. The molecule has 0 rings (SSSR count). The average molecular weight is 183 g/mol. The molecule has 1 nitrogen and oxygen atoms in total. The van der Waals surface area contributed by atoms with E-state index in [0.29, 0.717) is 6.04 Å². The molecule has 0 aromatic rings. The lowest BCUT2D eigenvalue weighted by molar-refractivity contribution is 0.224. The van der Waals surface area contributed by atoms with Crippen molar-refractivity contribution in [2.24, 2.45) is 0 Å². The van der Waals surface area contributed by atoms with E-state index in [-0.39, 0.29) is 0 Å². The smallest absolute Gasteiger partial charge is 0.0299 e. The van der Waals surface area contributed by atoms with Crippen LogP contribution in [0.15, 0.2) is 12.2 Å². The standard InChI is InChI=1S/C12H25N/c1-6-9-10-13(8-3)12(7-2)11(4)5/h12H,4,6-10H2,1-3,5H3. The van der Waals surface area contributed by atoms with Gasteiger partial charge in [-0.05, 0) is 32.9 Å². The molecule has 0 aromatic heterocycles. The topological polar surface area (TPSA) is 3.24 Å². The molecule has 0 saturated carbocycles. The van der Waals surface area contributed by atoms with Gasteiger partial charge in [-0.15, -0.1) is 0 Å². The first-order valence-corrected chi connectivity index (χ1v) is 5.56. The normalized spacial score (nSPS) is 13.3. The van der Waals surface area contributed by atoms with E-state index in [2.05, 4.69) is 39.2 Å². The highest BCUT2D eigenvalue weighted by Gasteiger charge is 2.14. The second kappa shape index (κ2) is 7.14. The highest BCUT2D eigenvalue weighted by molar-refractivity contribution is 5.01. The van der Waals surface area contributed by atoms with E-state index in [4.69, 9.17) is 0 Å². The van der Waals surface area contributed by atoms with Crippen molar-refractivity contribution in [3.05, 3.63) is 12.2 Å².